The van der Waals surface area contributed by atoms with Gasteiger partial charge in [0.25, 0.3) is 0 Å². The Morgan fingerprint density at radius 2 is 1.84 bits per heavy atom. The molecule has 0 saturated carbocycles. The highest BCUT2D eigenvalue weighted by Crippen LogP contribution is 2.24. The maximum Gasteiger partial charge on any atom is 0.142 e. The summed E-state index contributed by atoms with van der Waals surface area (Å²) in [6.07, 6.45) is 1.71. The molecule has 0 N–H and O–H groups in total. The standard InChI is InChI=1S/C15H10BrClF2/c1-9(12-4-3-11(16)8-14(12)18)6-10-2-5-13(17)15(19)7-10/h2-8H,1H3/b9-6+. The topological polar surface area (TPSA) is 0 Å². The summed E-state index contributed by atoms with van der Waals surface area (Å²) < 4.78 is 27.8. The molecule has 0 radical (unpaired) electrons. The van der Waals surface area contributed by atoms with Crippen LogP contribution in [0.4, 0.5) is 8.78 Å². The summed E-state index contributed by atoms with van der Waals surface area (Å²) in [4.78, 5) is 0. The number of hydrogen-bond donors (Lipinski definition) is 0. The van der Waals surface area contributed by atoms with Crippen LogP contribution in [-0.2, 0) is 0 Å². The Morgan fingerprint density at radius 3 is 2.47 bits per heavy atom. The zero-order valence-corrected chi connectivity index (χ0v) is 12.4. The van der Waals surface area contributed by atoms with Crippen molar-refractivity contribution in [2.45, 2.75) is 6.92 Å². The predicted octanol–water partition coefficient (Wildman–Crippen LogP) is 5.94. The van der Waals surface area contributed by atoms with Crippen LogP contribution >= 0.6 is 27.5 Å². The highest BCUT2D eigenvalue weighted by molar-refractivity contribution is 9.10. The molecule has 4 heteroatoms. The minimum Gasteiger partial charge on any atom is -0.206 e. The number of halogens is 4. The summed E-state index contributed by atoms with van der Waals surface area (Å²) in [6, 6.07) is 9.33. The smallest absolute Gasteiger partial charge is 0.142 e. The Balaban J connectivity index is 2.39. The van der Waals surface area contributed by atoms with Gasteiger partial charge in [-0.2, -0.15) is 0 Å². The van der Waals surface area contributed by atoms with Crippen LogP contribution < -0.4 is 0 Å². The summed E-state index contributed by atoms with van der Waals surface area (Å²) in [6.45, 7) is 1.78. The number of hydrogen-bond acceptors (Lipinski definition) is 0. The van der Waals surface area contributed by atoms with Gasteiger partial charge in [-0.15, -0.1) is 0 Å². The largest absolute Gasteiger partial charge is 0.206 e. The van der Waals surface area contributed by atoms with Crippen molar-refractivity contribution in [2.75, 3.05) is 0 Å². The monoisotopic (exact) mass is 342 g/mol. The second kappa shape index (κ2) is 5.85. The quantitative estimate of drug-likeness (QED) is 0.592. The number of rotatable bonds is 2. The first kappa shape index (κ1) is 14.2. The molecule has 0 bridgehead atoms. The molecule has 0 aliphatic rings. The average Bonchev–Trinajstić information content (AvgIpc) is 2.33. The molecule has 0 amide bonds. The molecule has 2 aromatic rings. The van der Waals surface area contributed by atoms with E-state index in [9.17, 15) is 8.78 Å². The van der Waals surface area contributed by atoms with Gasteiger partial charge in [0.15, 0.2) is 0 Å². The number of allylic oxidation sites excluding steroid dienone is 1. The summed E-state index contributed by atoms with van der Waals surface area (Å²) in [5, 5.41) is 0.0737. The summed E-state index contributed by atoms with van der Waals surface area (Å²) in [5.74, 6) is -0.808. The van der Waals surface area contributed by atoms with Gasteiger partial charge in [-0.25, -0.2) is 8.78 Å². The molecule has 0 spiro atoms. The van der Waals surface area contributed by atoms with E-state index in [-0.39, 0.29) is 10.8 Å². The van der Waals surface area contributed by atoms with E-state index in [1.807, 2.05) is 0 Å². The normalized spacial score (nSPS) is 11.7. The first-order valence-electron chi connectivity index (χ1n) is 5.56. The van der Waals surface area contributed by atoms with Crippen LogP contribution in [0.1, 0.15) is 18.1 Å². The molecule has 98 valence electrons. The summed E-state index contributed by atoms with van der Waals surface area (Å²) in [5.41, 5.74) is 1.84. The predicted molar refractivity (Wildman–Crippen MR) is 79.1 cm³/mol. The van der Waals surface area contributed by atoms with Crippen molar-refractivity contribution in [3.63, 3.8) is 0 Å². The van der Waals surface area contributed by atoms with Crippen molar-refractivity contribution in [3.8, 4) is 0 Å². The molecule has 0 saturated heterocycles. The third-order valence-electron chi connectivity index (χ3n) is 2.68. The van der Waals surface area contributed by atoms with E-state index in [1.165, 1.54) is 18.2 Å². The van der Waals surface area contributed by atoms with Crippen molar-refractivity contribution in [3.05, 3.63) is 68.7 Å². The molecular weight excluding hydrogens is 334 g/mol. The number of benzene rings is 2. The van der Waals surface area contributed by atoms with Gasteiger partial charge < -0.3 is 0 Å². The lowest BCUT2D eigenvalue weighted by Crippen LogP contribution is -1.87. The molecule has 0 aliphatic heterocycles. The second-order valence-electron chi connectivity index (χ2n) is 4.13. The van der Waals surface area contributed by atoms with Gasteiger partial charge in [-0.3, -0.25) is 0 Å². The minimum atomic E-state index is -0.487. The van der Waals surface area contributed by atoms with E-state index < -0.39 is 5.82 Å². The van der Waals surface area contributed by atoms with E-state index in [4.69, 9.17) is 11.6 Å². The zero-order valence-electron chi connectivity index (χ0n) is 10.1. The van der Waals surface area contributed by atoms with Gasteiger partial charge in [-0.05, 0) is 42.3 Å². The van der Waals surface area contributed by atoms with Gasteiger partial charge in [0.2, 0.25) is 0 Å². The molecule has 0 aromatic heterocycles. The van der Waals surface area contributed by atoms with Crippen LogP contribution in [0.5, 0.6) is 0 Å². The fourth-order valence-corrected chi connectivity index (χ4v) is 2.19. The fraction of sp³-hybridized carbons (Fsp3) is 0.0667. The Labute approximate surface area is 123 Å². The van der Waals surface area contributed by atoms with Crippen molar-refractivity contribution in [1.29, 1.82) is 0 Å². The maximum absolute atomic E-state index is 13.8. The van der Waals surface area contributed by atoms with Crippen LogP contribution in [0.15, 0.2) is 40.9 Å². The highest BCUT2D eigenvalue weighted by Gasteiger charge is 2.05. The van der Waals surface area contributed by atoms with Crippen molar-refractivity contribution in [1.82, 2.24) is 0 Å². The molecule has 0 nitrogen and oxygen atoms in total. The molecule has 0 heterocycles. The van der Waals surface area contributed by atoms with Crippen LogP contribution in [0.3, 0.4) is 0 Å². The van der Waals surface area contributed by atoms with Gasteiger partial charge in [-0.1, -0.05) is 45.7 Å². The first-order valence-corrected chi connectivity index (χ1v) is 6.73. The van der Waals surface area contributed by atoms with Crippen molar-refractivity contribution >= 4 is 39.2 Å². The molecule has 0 atom stereocenters. The Bertz CT molecular complexity index is 651. The third kappa shape index (κ3) is 3.43. The SMILES string of the molecule is C/C(=C\c1ccc(Cl)c(F)c1)c1ccc(Br)cc1F. The van der Waals surface area contributed by atoms with Crippen LogP contribution in [-0.4, -0.2) is 0 Å². The van der Waals surface area contributed by atoms with Crippen LogP contribution in [0.2, 0.25) is 5.02 Å². The maximum atomic E-state index is 13.8. The zero-order chi connectivity index (χ0) is 14.0. The lowest BCUT2D eigenvalue weighted by molar-refractivity contribution is 0.623. The second-order valence-corrected chi connectivity index (χ2v) is 5.45. The van der Waals surface area contributed by atoms with Gasteiger partial charge in [0, 0.05) is 10.0 Å². The first-order chi connectivity index (χ1) is 8.97. The summed E-state index contributed by atoms with van der Waals surface area (Å²) >= 11 is 8.82. The third-order valence-corrected chi connectivity index (χ3v) is 3.48. The van der Waals surface area contributed by atoms with Crippen LogP contribution in [0.25, 0.3) is 11.6 Å². The van der Waals surface area contributed by atoms with Crippen molar-refractivity contribution < 1.29 is 8.78 Å². The Morgan fingerprint density at radius 1 is 1.11 bits per heavy atom. The molecule has 2 aromatic carbocycles. The molecule has 0 aliphatic carbocycles. The van der Waals surface area contributed by atoms with E-state index in [1.54, 1.807) is 31.2 Å². The van der Waals surface area contributed by atoms with Gasteiger partial charge in [0.05, 0.1) is 5.02 Å². The molecule has 0 fully saturated rings. The summed E-state index contributed by atoms with van der Waals surface area (Å²) in [7, 11) is 0. The fourth-order valence-electron chi connectivity index (χ4n) is 1.74. The molecule has 2 rings (SSSR count). The average molecular weight is 344 g/mol. The highest BCUT2D eigenvalue weighted by atomic mass is 79.9. The van der Waals surface area contributed by atoms with E-state index in [0.717, 1.165) is 0 Å². The van der Waals surface area contributed by atoms with E-state index in [2.05, 4.69) is 15.9 Å². The lowest BCUT2D eigenvalue weighted by Gasteiger charge is -2.05. The van der Waals surface area contributed by atoms with Crippen LogP contribution in [0, 0.1) is 11.6 Å². The minimum absolute atomic E-state index is 0.0737. The van der Waals surface area contributed by atoms with E-state index >= 15 is 0 Å². The molecule has 19 heavy (non-hydrogen) atoms. The Hall–Kier alpha value is -1.19. The Kier molecular flexibility index (Phi) is 4.38. The molecular formula is C15H10BrClF2. The molecule has 0 unspecified atom stereocenters. The van der Waals surface area contributed by atoms with Crippen molar-refractivity contribution in [2.24, 2.45) is 0 Å². The van der Waals surface area contributed by atoms with E-state index in [0.29, 0.717) is 21.2 Å². The van der Waals surface area contributed by atoms with Gasteiger partial charge in [0.1, 0.15) is 11.6 Å². The lowest BCUT2D eigenvalue weighted by atomic mass is 10.0. The van der Waals surface area contributed by atoms with Gasteiger partial charge >= 0.3 is 0 Å².